The van der Waals surface area contributed by atoms with Gasteiger partial charge in [0.25, 0.3) is 0 Å². The zero-order valence-electron chi connectivity index (χ0n) is 13.3. The monoisotopic (exact) mass is 374 g/mol. The smallest absolute Gasteiger partial charge is 0.220 e. The number of nitrogens with one attached hydrogen (secondary N) is 2. The molecule has 128 valence electrons. The molecule has 2 heterocycles. The summed E-state index contributed by atoms with van der Waals surface area (Å²) in [5.74, 6) is 0.476. The molecule has 5 nitrogen and oxygen atoms in total. The fourth-order valence-electron chi connectivity index (χ4n) is 2.33. The lowest BCUT2D eigenvalue weighted by molar-refractivity contribution is -0.121. The van der Waals surface area contributed by atoms with Crippen molar-refractivity contribution in [1.29, 1.82) is 0 Å². The summed E-state index contributed by atoms with van der Waals surface area (Å²) in [6.07, 6.45) is 4.02. The van der Waals surface area contributed by atoms with Gasteiger partial charge in [0.1, 0.15) is 5.82 Å². The predicted octanol–water partition coefficient (Wildman–Crippen LogP) is 4.03. The SMILES string of the molecule is O=C(CCc1ccc(-c2ccc(Cl)cc2)[nH]1)NCc1ncc(Cl)cn1. The summed E-state index contributed by atoms with van der Waals surface area (Å²) < 4.78 is 0. The minimum atomic E-state index is -0.0545. The standard InChI is InChI=1S/C18H16Cl2N4O/c19-13-3-1-12(2-4-13)16-7-5-15(24-16)6-8-18(25)23-11-17-21-9-14(20)10-22-17/h1-5,7,9-10,24H,6,8,11H2,(H,23,25). The van der Waals surface area contributed by atoms with Gasteiger partial charge >= 0.3 is 0 Å². The number of carbonyl (C=O) groups is 1. The average Bonchev–Trinajstić information content (AvgIpc) is 3.09. The molecule has 0 aliphatic carbocycles. The predicted molar refractivity (Wildman–Crippen MR) is 98.4 cm³/mol. The highest BCUT2D eigenvalue weighted by molar-refractivity contribution is 6.30. The molecule has 0 spiro atoms. The summed E-state index contributed by atoms with van der Waals surface area (Å²) in [6.45, 7) is 0.288. The molecule has 0 aliphatic rings. The molecule has 0 unspecified atom stereocenters. The van der Waals surface area contributed by atoms with Gasteiger partial charge in [-0.15, -0.1) is 0 Å². The molecule has 1 aromatic carbocycles. The number of halogens is 2. The number of rotatable bonds is 6. The first kappa shape index (κ1) is 17.5. The van der Waals surface area contributed by atoms with E-state index in [0.717, 1.165) is 17.0 Å². The third-order valence-corrected chi connectivity index (χ3v) is 4.09. The molecule has 1 amide bonds. The number of aryl methyl sites for hydroxylation is 1. The van der Waals surface area contributed by atoms with Crippen LogP contribution in [0.2, 0.25) is 10.0 Å². The van der Waals surface area contributed by atoms with Crippen molar-refractivity contribution in [3.05, 3.63) is 70.4 Å². The van der Waals surface area contributed by atoms with E-state index < -0.39 is 0 Å². The van der Waals surface area contributed by atoms with Gasteiger partial charge in [-0.1, -0.05) is 35.3 Å². The van der Waals surface area contributed by atoms with Crippen molar-refractivity contribution in [2.75, 3.05) is 0 Å². The first-order chi connectivity index (χ1) is 12.1. The van der Waals surface area contributed by atoms with Gasteiger partial charge in [-0.3, -0.25) is 4.79 Å². The van der Waals surface area contributed by atoms with Crippen LogP contribution < -0.4 is 5.32 Å². The summed E-state index contributed by atoms with van der Waals surface area (Å²) in [6, 6.07) is 11.6. The number of benzene rings is 1. The highest BCUT2D eigenvalue weighted by Crippen LogP contribution is 2.21. The van der Waals surface area contributed by atoms with E-state index in [0.29, 0.717) is 28.7 Å². The number of hydrogen-bond donors (Lipinski definition) is 2. The fourth-order valence-corrected chi connectivity index (χ4v) is 2.55. The van der Waals surface area contributed by atoms with Crippen molar-refractivity contribution in [2.24, 2.45) is 0 Å². The van der Waals surface area contributed by atoms with Crippen LogP contribution in [0.4, 0.5) is 0 Å². The summed E-state index contributed by atoms with van der Waals surface area (Å²) in [4.78, 5) is 23.3. The van der Waals surface area contributed by atoms with E-state index in [1.54, 1.807) is 0 Å². The third kappa shape index (κ3) is 5.05. The third-order valence-electron chi connectivity index (χ3n) is 3.64. The van der Waals surface area contributed by atoms with Crippen LogP contribution in [0.1, 0.15) is 17.9 Å². The van der Waals surface area contributed by atoms with E-state index in [4.69, 9.17) is 23.2 Å². The largest absolute Gasteiger partial charge is 0.358 e. The van der Waals surface area contributed by atoms with Crippen LogP contribution in [-0.2, 0) is 17.8 Å². The number of carbonyl (C=O) groups excluding carboxylic acids is 1. The Morgan fingerprint density at radius 1 is 1.00 bits per heavy atom. The van der Waals surface area contributed by atoms with Crippen LogP contribution in [0.25, 0.3) is 11.3 Å². The van der Waals surface area contributed by atoms with Gasteiger partial charge in [0.15, 0.2) is 0 Å². The van der Waals surface area contributed by atoms with E-state index >= 15 is 0 Å². The van der Waals surface area contributed by atoms with Gasteiger partial charge in [-0.25, -0.2) is 9.97 Å². The lowest BCUT2D eigenvalue weighted by Gasteiger charge is -2.04. The molecule has 2 aromatic heterocycles. The highest BCUT2D eigenvalue weighted by Gasteiger charge is 2.06. The van der Waals surface area contributed by atoms with Crippen molar-refractivity contribution in [3.63, 3.8) is 0 Å². The molecular weight excluding hydrogens is 359 g/mol. The molecule has 0 atom stereocenters. The Balaban J connectivity index is 1.49. The molecule has 3 rings (SSSR count). The molecule has 0 bridgehead atoms. The second-order valence-corrected chi connectivity index (χ2v) is 6.37. The van der Waals surface area contributed by atoms with E-state index in [-0.39, 0.29) is 12.5 Å². The van der Waals surface area contributed by atoms with Crippen LogP contribution in [0.15, 0.2) is 48.8 Å². The molecule has 0 saturated carbocycles. The number of H-pyrrole nitrogens is 1. The maximum absolute atomic E-state index is 11.9. The van der Waals surface area contributed by atoms with Gasteiger partial charge in [-0.05, 0) is 36.2 Å². The molecule has 0 fully saturated rings. The van der Waals surface area contributed by atoms with E-state index in [9.17, 15) is 4.79 Å². The molecule has 2 N–H and O–H groups in total. The molecule has 3 aromatic rings. The molecule has 25 heavy (non-hydrogen) atoms. The van der Waals surface area contributed by atoms with Crippen LogP contribution >= 0.6 is 23.2 Å². The first-order valence-electron chi connectivity index (χ1n) is 7.77. The van der Waals surface area contributed by atoms with Crippen LogP contribution in [0.5, 0.6) is 0 Å². The van der Waals surface area contributed by atoms with Crippen LogP contribution in [0, 0.1) is 0 Å². The van der Waals surface area contributed by atoms with Gasteiger partial charge in [0.05, 0.1) is 11.6 Å². The first-order valence-corrected chi connectivity index (χ1v) is 8.53. The minimum Gasteiger partial charge on any atom is -0.358 e. The average molecular weight is 375 g/mol. The molecule has 0 saturated heterocycles. The summed E-state index contributed by atoms with van der Waals surface area (Å²) in [5.41, 5.74) is 3.06. The Bertz CT molecular complexity index is 844. The van der Waals surface area contributed by atoms with Crippen molar-refractivity contribution in [2.45, 2.75) is 19.4 Å². The van der Waals surface area contributed by atoms with E-state index in [1.807, 2.05) is 36.4 Å². The highest BCUT2D eigenvalue weighted by atomic mass is 35.5. The van der Waals surface area contributed by atoms with Crippen molar-refractivity contribution >= 4 is 29.1 Å². The maximum Gasteiger partial charge on any atom is 0.220 e. The van der Waals surface area contributed by atoms with Crippen LogP contribution in [0.3, 0.4) is 0 Å². The molecule has 0 radical (unpaired) electrons. The topological polar surface area (TPSA) is 70.7 Å². The Morgan fingerprint density at radius 3 is 2.44 bits per heavy atom. The summed E-state index contributed by atoms with van der Waals surface area (Å²) >= 11 is 11.6. The van der Waals surface area contributed by atoms with Gasteiger partial charge in [0, 0.05) is 35.2 Å². The van der Waals surface area contributed by atoms with E-state index in [1.165, 1.54) is 12.4 Å². The second kappa shape index (κ2) is 8.14. The summed E-state index contributed by atoms with van der Waals surface area (Å²) in [7, 11) is 0. The minimum absolute atomic E-state index is 0.0545. The van der Waals surface area contributed by atoms with Crippen LogP contribution in [-0.4, -0.2) is 20.9 Å². The quantitative estimate of drug-likeness (QED) is 0.684. The lowest BCUT2D eigenvalue weighted by Crippen LogP contribution is -2.24. The summed E-state index contributed by atoms with van der Waals surface area (Å²) in [5, 5.41) is 3.97. The van der Waals surface area contributed by atoms with Gasteiger partial charge in [0.2, 0.25) is 5.91 Å². The van der Waals surface area contributed by atoms with Gasteiger partial charge in [-0.2, -0.15) is 0 Å². The molecular formula is C18H16Cl2N4O. The number of nitrogens with zero attached hydrogens (tertiary/aromatic N) is 2. The number of amides is 1. The van der Waals surface area contributed by atoms with Crippen molar-refractivity contribution < 1.29 is 4.79 Å². The Morgan fingerprint density at radius 2 is 1.72 bits per heavy atom. The van der Waals surface area contributed by atoms with Crippen molar-refractivity contribution in [1.82, 2.24) is 20.3 Å². The number of hydrogen-bond acceptors (Lipinski definition) is 3. The lowest BCUT2D eigenvalue weighted by atomic mass is 10.2. The fraction of sp³-hybridized carbons (Fsp3) is 0.167. The Labute approximate surface area is 155 Å². The Kier molecular flexibility index (Phi) is 5.68. The zero-order valence-corrected chi connectivity index (χ0v) is 14.8. The number of aromatic nitrogens is 3. The zero-order chi connectivity index (χ0) is 17.6. The Hall–Kier alpha value is -2.37. The maximum atomic E-state index is 11.9. The van der Waals surface area contributed by atoms with Gasteiger partial charge < -0.3 is 10.3 Å². The number of aromatic amines is 1. The van der Waals surface area contributed by atoms with Crippen molar-refractivity contribution in [3.8, 4) is 11.3 Å². The van der Waals surface area contributed by atoms with E-state index in [2.05, 4.69) is 20.3 Å². The normalized spacial score (nSPS) is 10.6. The molecule has 0 aliphatic heterocycles. The molecule has 7 heteroatoms. The second-order valence-electron chi connectivity index (χ2n) is 5.50.